The van der Waals surface area contributed by atoms with Gasteiger partial charge in [0.2, 0.25) is 0 Å². The van der Waals surface area contributed by atoms with Gasteiger partial charge < -0.3 is 19.8 Å². The maximum absolute atomic E-state index is 5.83. The van der Waals surface area contributed by atoms with E-state index in [9.17, 15) is 0 Å². The highest BCUT2D eigenvalue weighted by Crippen LogP contribution is 2.51. The first-order valence-corrected chi connectivity index (χ1v) is 10.9. The van der Waals surface area contributed by atoms with Gasteiger partial charge in [0.05, 0.1) is 19.8 Å². The Hall–Kier alpha value is -3.24. The Morgan fingerprint density at radius 1 is 0.903 bits per heavy atom. The Morgan fingerprint density at radius 2 is 1.74 bits per heavy atom. The third-order valence-corrected chi connectivity index (χ3v) is 7.18. The van der Waals surface area contributed by atoms with Gasteiger partial charge in [0.15, 0.2) is 11.5 Å². The molecule has 0 amide bonds. The van der Waals surface area contributed by atoms with Crippen LogP contribution in [0.2, 0.25) is 0 Å². The first-order chi connectivity index (χ1) is 15.3. The number of methoxy groups -OCH3 is 2. The van der Waals surface area contributed by atoms with E-state index in [1.54, 1.807) is 14.2 Å². The lowest BCUT2D eigenvalue weighted by atomic mass is 9.76. The summed E-state index contributed by atoms with van der Waals surface area (Å²) in [5, 5.41) is 5.27. The molecule has 4 heteroatoms. The average molecular weight is 411 g/mol. The lowest BCUT2D eigenvalue weighted by molar-refractivity contribution is 0.337. The highest BCUT2D eigenvalue weighted by atomic mass is 16.5. The highest BCUT2D eigenvalue weighted by Gasteiger charge is 2.47. The summed E-state index contributed by atoms with van der Waals surface area (Å²) in [4.78, 5) is 3.82. The number of para-hydroxylation sites is 2. The Labute approximate surface area is 182 Å². The SMILES string of the molecule is COc1cccc([C@H]2CN[C@]3(CCc4ccccc43)c3[nH]c4ccccc4c32)c1OC. The van der Waals surface area contributed by atoms with Crippen molar-refractivity contribution in [1.29, 1.82) is 0 Å². The maximum Gasteiger partial charge on any atom is 0.164 e. The number of H-pyrrole nitrogens is 1. The van der Waals surface area contributed by atoms with E-state index in [2.05, 4.69) is 71.0 Å². The molecule has 4 aromatic rings. The zero-order chi connectivity index (χ0) is 21.0. The van der Waals surface area contributed by atoms with E-state index in [0.29, 0.717) is 0 Å². The minimum atomic E-state index is -0.173. The predicted octanol–water partition coefficient (Wildman–Crippen LogP) is 5.11. The van der Waals surface area contributed by atoms with E-state index in [1.165, 1.54) is 33.3 Å². The van der Waals surface area contributed by atoms with E-state index < -0.39 is 0 Å². The van der Waals surface area contributed by atoms with Gasteiger partial charge in [-0.25, -0.2) is 0 Å². The third kappa shape index (κ3) is 2.52. The van der Waals surface area contributed by atoms with Crippen LogP contribution in [0.3, 0.4) is 0 Å². The lowest BCUT2D eigenvalue weighted by Gasteiger charge is -2.40. The first-order valence-electron chi connectivity index (χ1n) is 10.9. The number of fused-ring (bicyclic) bond motifs is 6. The number of aromatic amines is 1. The molecule has 0 saturated carbocycles. The third-order valence-electron chi connectivity index (χ3n) is 7.18. The van der Waals surface area contributed by atoms with Crippen LogP contribution in [0.25, 0.3) is 10.9 Å². The molecule has 31 heavy (non-hydrogen) atoms. The summed E-state index contributed by atoms with van der Waals surface area (Å²) in [6, 6.07) is 23.7. The van der Waals surface area contributed by atoms with E-state index in [1.807, 2.05) is 6.07 Å². The van der Waals surface area contributed by atoms with Gasteiger partial charge in [0, 0.05) is 34.6 Å². The summed E-state index contributed by atoms with van der Waals surface area (Å²) in [6.07, 6.45) is 2.15. The number of nitrogens with one attached hydrogen (secondary N) is 2. The van der Waals surface area contributed by atoms with Crippen LogP contribution in [-0.2, 0) is 12.0 Å². The fourth-order valence-electron chi connectivity index (χ4n) is 5.84. The molecule has 0 bridgehead atoms. The molecule has 1 spiro atoms. The van der Waals surface area contributed by atoms with Crippen molar-refractivity contribution < 1.29 is 9.47 Å². The molecule has 2 heterocycles. The molecule has 3 aromatic carbocycles. The second kappa shape index (κ2) is 6.89. The molecule has 2 atom stereocenters. The van der Waals surface area contributed by atoms with Crippen LogP contribution in [-0.4, -0.2) is 25.7 Å². The first kappa shape index (κ1) is 18.5. The molecular weight excluding hydrogens is 384 g/mol. The van der Waals surface area contributed by atoms with Crippen LogP contribution in [0.15, 0.2) is 66.7 Å². The lowest BCUT2D eigenvalue weighted by Crippen LogP contribution is -2.48. The van der Waals surface area contributed by atoms with Crippen LogP contribution >= 0.6 is 0 Å². The molecule has 2 N–H and O–H groups in total. The summed E-state index contributed by atoms with van der Waals surface area (Å²) >= 11 is 0. The molecule has 0 unspecified atom stereocenters. The number of benzene rings is 3. The van der Waals surface area contributed by atoms with Crippen molar-refractivity contribution in [3.8, 4) is 11.5 Å². The molecule has 0 radical (unpaired) electrons. The van der Waals surface area contributed by atoms with E-state index in [-0.39, 0.29) is 11.5 Å². The smallest absolute Gasteiger partial charge is 0.164 e. The topological polar surface area (TPSA) is 46.3 Å². The summed E-state index contributed by atoms with van der Waals surface area (Å²) in [6.45, 7) is 0.840. The molecule has 0 saturated heterocycles. The number of aryl methyl sites for hydroxylation is 1. The van der Waals surface area contributed by atoms with Crippen molar-refractivity contribution >= 4 is 10.9 Å². The quantitative estimate of drug-likeness (QED) is 0.493. The minimum Gasteiger partial charge on any atom is -0.493 e. The van der Waals surface area contributed by atoms with E-state index in [0.717, 1.165) is 36.4 Å². The minimum absolute atomic E-state index is 0.162. The van der Waals surface area contributed by atoms with Crippen LogP contribution in [0.4, 0.5) is 0 Å². The van der Waals surface area contributed by atoms with Crippen LogP contribution in [0.1, 0.15) is 40.3 Å². The van der Waals surface area contributed by atoms with Gasteiger partial charge in [-0.15, -0.1) is 0 Å². The van der Waals surface area contributed by atoms with Crippen molar-refractivity contribution in [2.24, 2.45) is 0 Å². The van der Waals surface area contributed by atoms with E-state index >= 15 is 0 Å². The second-order valence-electron chi connectivity index (χ2n) is 8.54. The van der Waals surface area contributed by atoms with Crippen molar-refractivity contribution in [1.82, 2.24) is 10.3 Å². The van der Waals surface area contributed by atoms with Gasteiger partial charge in [0.25, 0.3) is 0 Å². The number of hydrogen-bond acceptors (Lipinski definition) is 3. The van der Waals surface area contributed by atoms with Crippen molar-refractivity contribution in [3.05, 3.63) is 94.7 Å². The summed E-state index contributed by atoms with van der Waals surface area (Å²) in [5.74, 6) is 1.75. The molecule has 4 nitrogen and oxygen atoms in total. The zero-order valence-corrected chi connectivity index (χ0v) is 17.9. The van der Waals surface area contributed by atoms with Gasteiger partial charge in [-0.05, 0) is 41.7 Å². The van der Waals surface area contributed by atoms with Gasteiger partial charge in [-0.2, -0.15) is 0 Å². The van der Waals surface area contributed by atoms with Crippen LogP contribution in [0, 0.1) is 0 Å². The second-order valence-corrected chi connectivity index (χ2v) is 8.54. The van der Waals surface area contributed by atoms with Gasteiger partial charge in [-0.1, -0.05) is 54.6 Å². The number of aromatic nitrogens is 1. The summed E-state index contributed by atoms with van der Waals surface area (Å²) in [7, 11) is 3.42. The molecular formula is C27H26N2O2. The van der Waals surface area contributed by atoms with Gasteiger partial charge >= 0.3 is 0 Å². The van der Waals surface area contributed by atoms with Crippen molar-refractivity contribution in [3.63, 3.8) is 0 Å². The fraction of sp³-hybridized carbons (Fsp3) is 0.259. The van der Waals surface area contributed by atoms with Crippen LogP contribution in [0.5, 0.6) is 11.5 Å². The summed E-state index contributed by atoms with van der Waals surface area (Å²) in [5.41, 5.74) is 7.68. The molecule has 1 aliphatic carbocycles. The highest BCUT2D eigenvalue weighted by molar-refractivity contribution is 5.87. The molecule has 1 aliphatic heterocycles. The molecule has 0 fully saturated rings. The normalized spacial score (nSPS) is 21.8. The molecule has 6 rings (SSSR count). The number of rotatable bonds is 3. The number of ether oxygens (including phenoxy) is 2. The largest absolute Gasteiger partial charge is 0.493 e. The Morgan fingerprint density at radius 3 is 2.61 bits per heavy atom. The standard InChI is InChI=1S/C27H26N2O2/c1-30-23-13-7-10-18(25(23)31-2)20-16-28-27(15-14-17-8-3-5-11-21(17)27)26-24(20)19-9-4-6-12-22(19)29-26/h3-13,20,28-29H,14-16H2,1-2H3/t20-,27+/m1/s1. The average Bonchev–Trinajstić information content (AvgIpc) is 3.39. The maximum atomic E-state index is 5.83. The monoisotopic (exact) mass is 410 g/mol. The molecule has 156 valence electrons. The van der Waals surface area contributed by atoms with Gasteiger partial charge in [-0.3, -0.25) is 0 Å². The summed E-state index contributed by atoms with van der Waals surface area (Å²) < 4.78 is 11.4. The fourth-order valence-corrected chi connectivity index (χ4v) is 5.84. The molecule has 1 aromatic heterocycles. The van der Waals surface area contributed by atoms with E-state index in [4.69, 9.17) is 9.47 Å². The van der Waals surface area contributed by atoms with Crippen molar-refractivity contribution in [2.45, 2.75) is 24.3 Å². The zero-order valence-electron chi connectivity index (χ0n) is 17.9. The molecule has 2 aliphatic rings. The Kier molecular flexibility index (Phi) is 4.12. The van der Waals surface area contributed by atoms with Crippen molar-refractivity contribution in [2.75, 3.05) is 20.8 Å². The predicted molar refractivity (Wildman–Crippen MR) is 123 cm³/mol. The van der Waals surface area contributed by atoms with Gasteiger partial charge in [0.1, 0.15) is 0 Å². The Balaban J connectivity index is 1.62. The number of hydrogen-bond donors (Lipinski definition) is 2. The van der Waals surface area contributed by atoms with Crippen LogP contribution < -0.4 is 14.8 Å². The Bertz CT molecular complexity index is 1290.